The molecule has 0 spiro atoms. The van der Waals surface area contributed by atoms with Gasteiger partial charge in [0, 0.05) is 30.7 Å². The molecule has 1 aliphatic rings. The van der Waals surface area contributed by atoms with E-state index in [1.807, 2.05) is 27.7 Å². The number of urea groups is 1. The molecule has 1 fully saturated rings. The predicted octanol–water partition coefficient (Wildman–Crippen LogP) is 2.76. The normalized spacial score (nSPS) is 18.0. The Hall–Kier alpha value is -2.11. The minimum Gasteiger partial charge on any atom is -0.333 e. The van der Waals surface area contributed by atoms with Crippen LogP contribution in [0.2, 0.25) is 0 Å². The number of carbonyl (C=O) groups is 2. The number of halogens is 1. The Labute approximate surface area is 136 Å². The summed E-state index contributed by atoms with van der Waals surface area (Å²) in [6, 6.07) is 5.65. The molecular weight excluding hydrogens is 297 g/mol. The maximum Gasteiger partial charge on any atom is 0.318 e. The van der Waals surface area contributed by atoms with Gasteiger partial charge in [0.25, 0.3) is 0 Å². The molecule has 1 heterocycles. The average molecular weight is 321 g/mol. The lowest BCUT2D eigenvalue weighted by Crippen LogP contribution is -2.51. The van der Waals surface area contributed by atoms with Gasteiger partial charge in [-0.05, 0) is 45.9 Å². The van der Waals surface area contributed by atoms with Crippen molar-refractivity contribution in [3.05, 3.63) is 30.1 Å². The molecule has 1 atom stereocenters. The summed E-state index contributed by atoms with van der Waals surface area (Å²) >= 11 is 0. The standard InChI is InChI=1S/C17H24FN3O2/c1-11(2)21(12(3)4)17(23)19-14-9-16(22)20(10-14)15-7-5-6-13(18)8-15/h5-8,11-12,14H,9-10H2,1-4H3,(H,19,23)/t14-/m0/s1. The summed E-state index contributed by atoms with van der Waals surface area (Å²) in [5.74, 6) is -0.491. The number of benzene rings is 1. The number of hydrogen-bond acceptors (Lipinski definition) is 2. The molecule has 3 amide bonds. The van der Waals surface area contributed by atoms with Gasteiger partial charge in [-0.1, -0.05) is 6.07 Å². The van der Waals surface area contributed by atoms with Crippen molar-refractivity contribution in [1.82, 2.24) is 10.2 Å². The number of anilines is 1. The molecule has 2 rings (SSSR count). The third kappa shape index (κ3) is 4.00. The van der Waals surface area contributed by atoms with E-state index in [4.69, 9.17) is 0 Å². The monoisotopic (exact) mass is 321 g/mol. The van der Waals surface area contributed by atoms with Gasteiger partial charge in [-0.2, -0.15) is 0 Å². The SMILES string of the molecule is CC(C)N(C(=O)N[C@H]1CC(=O)N(c2cccc(F)c2)C1)C(C)C. The zero-order valence-electron chi connectivity index (χ0n) is 14.0. The second-order valence-electron chi connectivity index (χ2n) is 6.43. The molecule has 1 aromatic carbocycles. The first-order valence-corrected chi connectivity index (χ1v) is 7.94. The van der Waals surface area contributed by atoms with Crippen LogP contribution < -0.4 is 10.2 Å². The van der Waals surface area contributed by atoms with E-state index in [1.54, 1.807) is 17.0 Å². The van der Waals surface area contributed by atoms with E-state index in [1.165, 1.54) is 17.0 Å². The fourth-order valence-corrected chi connectivity index (χ4v) is 3.01. The third-order valence-corrected chi connectivity index (χ3v) is 3.92. The molecule has 0 aliphatic carbocycles. The zero-order valence-corrected chi connectivity index (χ0v) is 14.0. The molecule has 0 aromatic heterocycles. The van der Waals surface area contributed by atoms with Crippen LogP contribution in [0.1, 0.15) is 34.1 Å². The second-order valence-corrected chi connectivity index (χ2v) is 6.43. The molecule has 0 bridgehead atoms. The number of nitrogens with zero attached hydrogens (tertiary/aromatic N) is 2. The molecule has 0 radical (unpaired) electrons. The van der Waals surface area contributed by atoms with Gasteiger partial charge >= 0.3 is 6.03 Å². The maximum atomic E-state index is 13.3. The fourth-order valence-electron chi connectivity index (χ4n) is 3.01. The number of hydrogen-bond donors (Lipinski definition) is 1. The van der Waals surface area contributed by atoms with Gasteiger partial charge in [0.1, 0.15) is 5.82 Å². The first-order chi connectivity index (χ1) is 10.8. The van der Waals surface area contributed by atoms with Crippen molar-refractivity contribution in [2.75, 3.05) is 11.4 Å². The Balaban J connectivity index is 2.04. The topological polar surface area (TPSA) is 52.7 Å². The molecule has 1 N–H and O–H groups in total. The lowest BCUT2D eigenvalue weighted by atomic mass is 10.2. The number of nitrogens with one attached hydrogen (secondary N) is 1. The summed E-state index contributed by atoms with van der Waals surface area (Å²) in [5.41, 5.74) is 0.524. The van der Waals surface area contributed by atoms with Crippen molar-refractivity contribution in [3.8, 4) is 0 Å². The number of rotatable bonds is 4. The van der Waals surface area contributed by atoms with Gasteiger partial charge in [-0.3, -0.25) is 4.79 Å². The van der Waals surface area contributed by atoms with Gasteiger partial charge in [0.15, 0.2) is 0 Å². The molecule has 6 heteroatoms. The van der Waals surface area contributed by atoms with Crippen molar-refractivity contribution >= 4 is 17.6 Å². The van der Waals surface area contributed by atoms with Crippen LogP contribution in [0, 0.1) is 5.82 Å². The minimum absolute atomic E-state index is 0.0754. The first kappa shape index (κ1) is 17.2. The van der Waals surface area contributed by atoms with Crippen molar-refractivity contribution in [2.24, 2.45) is 0 Å². The Morgan fingerprint density at radius 3 is 2.52 bits per heavy atom. The highest BCUT2D eigenvalue weighted by atomic mass is 19.1. The van der Waals surface area contributed by atoms with Gasteiger partial charge in [0.05, 0.1) is 6.04 Å². The van der Waals surface area contributed by atoms with Gasteiger partial charge in [-0.15, -0.1) is 0 Å². The van der Waals surface area contributed by atoms with Crippen LogP contribution in [0.15, 0.2) is 24.3 Å². The molecule has 5 nitrogen and oxygen atoms in total. The summed E-state index contributed by atoms with van der Waals surface area (Å²) in [5, 5.41) is 2.92. The Bertz CT molecular complexity index is 581. The highest BCUT2D eigenvalue weighted by Gasteiger charge is 2.33. The summed E-state index contributed by atoms with van der Waals surface area (Å²) in [4.78, 5) is 27.8. The third-order valence-electron chi connectivity index (χ3n) is 3.92. The Morgan fingerprint density at radius 1 is 1.30 bits per heavy atom. The largest absolute Gasteiger partial charge is 0.333 e. The first-order valence-electron chi connectivity index (χ1n) is 7.94. The Morgan fingerprint density at radius 2 is 1.96 bits per heavy atom. The number of amides is 3. The van der Waals surface area contributed by atoms with Crippen molar-refractivity contribution in [3.63, 3.8) is 0 Å². The van der Waals surface area contributed by atoms with E-state index in [0.29, 0.717) is 12.2 Å². The summed E-state index contributed by atoms with van der Waals surface area (Å²) < 4.78 is 13.3. The minimum atomic E-state index is -0.381. The van der Waals surface area contributed by atoms with Crippen LogP contribution in [-0.2, 0) is 4.79 Å². The lowest BCUT2D eigenvalue weighted by molar-refractivity contribution is -0.117. The quantitative estimate of drug-likeness (QED) is 0.927. The second kappa shape index (κ2) is 6.98. The van der Waals surface area contributed by atoms with E-state index in [0.717, 1.165) is 0 Å². The summed E-state index contributed by atoms with van der Waals surface area (Å²) in [6.45, 7) is 8.19. The molecule has 0 saturated carbocycles. The van der Waals surface area contributed by atoms with Gasteiger partial charge < -0.3 is 15.1 Å². The average Bonchev–Trinajstić information content (AvgIpc) is 2.78. The van der Waals surface area contributed by atoms with Crippen LogP contribution >= 0.6 is 0 Å². The molecule has 1 aromatic rings. The summed E-state index contributed by atoms with van der Waals surface area (Å²) in [6.07, 6.45) is 0.228. The molecule has 1 aliphatic heterocycles. The molecule has 23 heavy (non-hydrogen) atoms. The van der Waals surface area contributed by atoms with Gasteiger partial charge in [-0.25, -0.2) is 9.18 Å². The van der Waals surface area contributed by atoms with Crippen molar-refractivity contribution < 1.29 is 14.0 Å². The molecule has 1 saturated heterocycles. The van der Waals surface area contributed by atoms with E-state index < -0.39 is 0 Å². The zero-order chi connectivity index (χ0) is 17.1. The van der Waals surface area contributed by atoms with E-state index >= 15 is 0 Å². The van der Waals surface area contributed by atoms with E-state index in [2.05, 4.69) is 5.32 Å². The lowest BCUT2D eigenvalue weighted by Gasteiger charge is -2.32. The van der Waals surface area contributed by atoms with Crippen LogP contribution in [0.25, 0.3) is 0 Å². The van der Waals surface area contributed by atoms with Crippen molar-refractivity contribution in [1.29, 1.82) is 0 Å². The maximum absolute atomic E-state index is 13.3. The Kier molecular flexibility index (Phi) is 5.23. The summed E-state index contributed by atoms with van der Waals surface area (Å²) in [7, 11) is 0. The highest BCUT2D eigenvalue weighted by molar-refractivity contribution is 5.96. The molecular formula is C17H24FN3O2. The molecule has 0 unspecified atom stereocenters. The van der Waals surface area contributed by atoms with Crippen molar-refractivity contribution in [2.45, 2.75) is 52.2 Å². The predicted molar refractivity (Wildman–Crippen MR) is 87.8 cm³/mol. The van der Waals surface area contributed by atoms with Crippen LogP contribution in [0.3, 0.4) is 0 Å². The van der Waals surface area contributed by atoms with Crippen LogP contribution in [0.4, 0.5) is 14.9 Å². The fraction of sp³-hybridized carbons (Fsp3) is 0.529. The van der Waals surface area contributed by atoms with Crippen LogP contribution in [0.5, 0.6) is 0 Å². The number of carbonyl (C=O) groups excluding carboxylic acids is 2. The highest BCUT2D eigenvalue weighted by Crippen LogP contribution is 2.22. The van der Waals surface area contributed by atoms with E-state index in [-0.39, 0.29) is 42.3 Å². The van der Waals surface area contributed by atoms with E-state index in [9.17, 15) is 14.0 Å². The smallest absolute Gasteiger partial charge is 0.318 e. The van der Waals surface area contributed by atoms with Gasteiger partial charge in [0.2, 0.25) is 5.91 Å². The molecule has 126 valence electrons. The van der Waals surface area contributed by atoms with Crippen LogP contribution in [-0.4, -0.2) is 41.5 Å².